The topological polar surface area (TPSA) is 235 Å². The molecule has 0 spiro atoms. The first kappa shape index (κ1) is 39.3. The van der Waals surface area contributed by atoms with Gasteiger partial charge in [0.05, 0.1) is 24.9 Å². The van der Waals surface area contributed by atoms with E-state index in [1.807, 2.05) is 13.8 Å². The molecule has 2 bridgehead atoms. The number of nitrogens with one attached hydrogen (secondary N) is 4. The number of ether oxygens (including phenoxy) is 3. The Morgan fingerprint density at radius 1 is 1.18 bits per heavy atom. The number of rotatable bonds is 11. The van der Waals surface area contributed by atoms with Crippen LogP contribution in [0, 0.1) is 16.2 Å². The first-order valence-corrected chi connectivity index (χ1v) is 16.3. The van der Waals surface area contributed by atoms with Crippen LogP contribution in [0.1, 0.15) is 71.4 Å². The van der Waals surface area contributed by atoms with Crippen molar-refractivity contribution in [2.75, 3.05) is 13.2 Å². The van der Waals surface area contributed by atoms with Gasteiger partial charge in [0.15, 0.2) is 5.76 Å². The third-order valence-corrected chi connectivity index (χ3v) is 8.15. The van der Waals surface area contributed by atoms with E-state index in [0.717, 1.165) is 0 Å². The quantitative estimate of drug-likeness (QED) is 0.0765. The zero-order valence-electron chi connectivity index (χ0n) is 28.3. The van der Waals surface area contributed by atoms with E-state index in [-0.39, 0.29) is 61.8 Å². The average molecular weight is 683 g/mol. The maximum absolute atomic E-state index is 13.7. The Hall–Kier alpha value is -4.12. The molecule has 2 radical (unpaired) electrons. The van der Waals surface area contributed by atoms with Crippen molar-refractivity contribution in [2.45, 2.75) is 102 Å². The van der Waals surface area contributed by atoms with Crippen molar-refractivity contribution in [3.63, 3.8) is 0 Å². The number of carbonyl (C=O) groups is 3. The standard InChI is InChI=1S/C33H47BN6O9/c1-17(2)5-10-28(43)39-31-30(40-46)20-6-8-22(9-7-20)48-26(19(4)47-29-13-21(42)12-23(16-41)49-29)11-18(3)25(15-35)38-32(44)24(14-27(34)36)37-33(31)45/h6-9,11,17,21,23-25,29-31,36,41-42H,5,10,12-16,35H2,1-4H3,(H,37,45)(H,38,44)(H,39,43). The lowest BCUT2D eigenvalue weighted by atomic mass is 9.93. The molecule has 3 aliphatic rings. The number of carbonyl (C=O) groups excluding carboxylic acids is 3. The third-order valence-electron chi connectivity index (χ3n) is 8.15. The predicted molar refractivity (Wildman–Crippen MR) is 181 cm³/mol. The van der Waals surface area contributed by atoms with E-state index in [9.17, 15) is 29.5 Å². The van der Waals surface area contributed by atoms with Crippen LogP contribution < -0.4 is 26.4 Å². The van der Waals surface area contributed by atoms with Crippen molar-refractivity contribution in [2.24, 2.45) is 16.8 Å². The van der Waals surface area contributed by atoms with Crippen molar-refractivity contribution in [3.8, 4) is 5.75 Å². The Morgan fingerprint density at radius 3 is 2.45 bits per heavy atom. The lowest BCUT2D eigenvalue weighted by Gasteiger charge is -2.32. The van der Waals surface area contributed by atoms with Crippen LogP contribution in [0.25, 0.3) is 0 Å². The summed E-state index contributed by atoms with van der Waals surface area (Å²) in [5.74, 6) is -1.13. The van der Waals surface area contributed by atoms with Gasteiger partial charge in [0.25, 0.3) is 0 Å². The summed E-state index contributed by atoms with van der Waals surface area (Å²) in [6, 6.07) is 1.08. The molecular formula is C33H47BN6O9. The van der Waals surface area contributed by atoms with Gasteiger partial charge in [0.1, 0.15) is 37.5 Å². The lowest BCUT2D eigenvalue weighted by molar-refractivity contribution is -0.206. The minimum atomic E-state index is -1.51. The second-order valence-electron chi connectivity index (χ2n) is 12.7. The molecule has 1 saturated heterocycles. The zero-order valence-corrected chi connectivity index (χ0v) is 28.3. The van der Waals surface area contributed by atoms with E-state index in [4.69, 9.17) is 33.2 Å². The van der Waals surface area contributed by atoms with Gasteiger partial charge in [0.2, 0.25) is 24.0 Å². The van der Waals surface area contributed by atoms with Crippen LogP contribution in [0.4, 0.5) is 0 Å². The average Bonchev–Trinajstić information content (AvgIpc) is 3.04. The van der Waals surface area contributed by atoms with Crippen LogP contribution in [0.2, 0.25) is 0 Å². The number of fused-ring (bicyclic) bond motifs is 12. The molecule has 266 valence electrons. The van der Waals surface area contributed by atoms with Crippen LogP contribution >= 0.6 is 0 Å². The summed E-state index contributed by atoms with van der Waals surface area (Å²) in [5.41, 5.74) is 6.47. The van der Waals surface area contributed by atoms with Crippen molar-refractivity contribution in [1.29, 1.82) is 5.41 Å². The summed E-state index contributed by atoms with van der Waals surface area (Å²) in [6.45, 7) is 6.84. The number of nitroso groups, excluding NO2 is 1. The normalized spacial score (nSPS) is 27.7. The number of aliphatic hydroxyl groups excluding tert-OH is 2. The number of nitrogens with two attached hydrogens (primary N) is 1. The van der Waals surface area contributed by atoms with Crippen molar-refractivity contribution >= 4 is 31.2 Å². The monoisotopic (exact) mass is 682 g/mol. The van der Waals surface area contributed by atoms with Gasteiger partial charge < -0.3 is 51.5 Å². The van der Waals surface area contributed by atoms with Crippen molar-refractivity contribution < 1.29 is 38.8 Å². The smallest absolute Gasteiger partial charge is 0.245 e. The first-order chi connectivity index (χ1) is 23.2. The highest BCUT2D eigenvalue weighted by atomic mass is 16.7. The molecule has 1 aromatic carbocycles. The molecule has 0 aromatic heterocycles. The molecule has 7 unspecified atom stereocenters. The fourth-order valence-corrected chi connectivity index (χ4v) is 5.36. The van der Waals surface area contributed by atoms with Crippen molar-refractivity contribution in [1.82, 2.24) is 16.0 Å². The number of hydrogen-bond acceptors (Lipinski definition) is 12. The van der Waals surface area contributed by atoms with E-state index < -0.39 is 66.0 Å². The van der Waals surface area contributed by atoms with Gasteiger partial charge in [-0.15, -0.1) is 0 Å². The molecule has 3 heterocycles. The van der Waals surface area contributed by atoms with Gasteiger partial charge in [-0.05, 0) is 61.1 Å². The minimum Gasteiger partial charge on any atom is -0.466 e. The number of hydrogen-bond donors (Lipinski definition) is 7. The number of benzene rings is 1. The Morgan fingerprint density at radius 2 is 1.86 bits per heavy atom. The van der Waals surface area contributed by atoms with Gasteiger partial charge in [-0.3, -0.25) is 14.4 Å². The van der Waals surface area contributed by atoms with E-state index in [0.29, 0.717) is 17.7 Å². The van der Waals surface area contributed by atoms with Crippen LogP contribution in [0.5, 0.6) is 5.75 Å². The molecule has 8 N–H and O–H groups in total. The second kappa shape index (κ2) is 18.6. The summed E-state index contributed by atoms with van der Waals surface area (Å²) >= 11 is 0. The summed E-state index contributed by atoms with van der Waals surface area (Å²) in [4.78, 5) is 52.5. The molecular weight excluding hydrogens is 635 g/mol. The molecule has 0 aliphatic carbocycles. The summed E-state index contributed by atoms with van der Waals surface area (Å²) < 4.78 is 18.0. The molecule has 15 nitrogen and oxygen atoms in total. The molecule has 49 heavy (non-hydrogen) atoms. The minimum absolute atomic E-state index is 0.0710. The molecule has 3 aliphatic heterocycles. The van der Waals surface area contributed by atoms with Crippen LogP contribution in [-0.2, 0) is 23.9 Å². The maximum Gasteiger partial charge on any atom is 0.245 e. The molecule has 7 atom stereocenters. The molecule has 3 amide bonds. The number of aliphatic hydroxyl groups is 2. The Kier molecular flexibility index (Phi) is 14.9. The molecule has 0 saturated carbocycles. The molecule has 1 aromatic rings. The zero-order chi connectivity index (χ0) is 36.2. The molecule has 1 fully saturated rings. The maximum atomic E-state index is 13.7. The van der Waals surface area contributed by atoms with E-state index in [2.05, 4.69) is 21.1 Å². The highest BCUT2D eigenvalue weighted by Crippen LogP contribution is 2.28. The van der Waals surface area contributed by atoms with Gasteiger partial charge >= 0.3 is 0 Å². The van der Waals surface area contributed by atoms with E-state index >= 15 is 0 Å². The SMILES string of the molecule is [B]C(=N)CC1NC(=O)C(NC(=O)CCC(C)C)C(N=O)c2ccc(cc2)OC(=C(C)OC2CC(O)CC(CO)O2)C=C(C)C(CN)NC1=O. The Labute approximate surface area is 287 Å². The second-order valence-corrected chi connectivity index (χ2v) is 12.7. The predicted octanol–water partition coefficient (Wildman–Crippen LogP) is 1.32. The van der Waals surface area contributed by atoms with Gasteiger partial charge in [-0.25, -0.2) is 0 Å². The van der Waals surface area contributed by atoms with Crippen LogP contribution in [0.15, 0.2) is 52.6 Å². The number of allylic oxidation sites excluding steroid dienone is 2. The summed E-state index contributed by atoms with van der Waals surface area (Å²) in [6.07, 6.45) is 0.00872. The highest BCUT2D eigenvalue weighted by Gasteiger charge is 2.36. The summed E-state index contributed by atoms with van der Waals surface area (Å²) in [5, 5.41) is 38.8. The van der Waals surface area contributed by atoms with Gasteiger partial charge in [-0.1, -0.05) is 31.2 Å². The third kappa shape index (κ3) is 11.8. The number of nitrogens with zero attached hydrogens (tertiary/aromatic N) is 1. The first-order valence-electron chi connectivity index (χ1n) is 16.3. The highest BCUT2D eigenvalue weighted by molar-refractivity contribution is 6.59. The summed E-state index contributed by atoms with van der Waals surface area (Å²) in [7, 11) is 5.64. The van der Waals surface area contributed by atoms with Gasteiger partial charge in [0, 0.05) is 32.2 Å². The lowest BCUT2D eigenvalue weighted by Crippen LogP contribution is -2.57. The van der Waals surface area contributed by atoms with E-state index in [1.54, 1.807) is 32.1 Å². The fourth-order valence-electron chi connectivity index (χ4n) is 5.36. The van der Waals surface area contributed by atoms with Crippen molar-refractivity contribution in [3.05, 3.63) is 57.9 Å². The van der Waals surface area contributed by atoms with Gasteiger partial charge in [-0.2, -0.15) is 4.91 Å². The molecule has 16 heteroatoms. The van der Waals surface area contributed by atoms with Crippen LogP contribution in [0.3, 0.4) is 0 Å². The van der Waals surface area contributed by atoms with E-state index in [1.165, 1.54) is 12.1 Å². The number of amides is 3. The molecule has 4 rings (SSSR count). The largest absolute Gasteiger partial charge is 0.466 e. The fraction of sp³-hybridized carbons (Fsp3) is 0.576. The van der Waals surface area contributed by atoms with Crippen LogP contribution in [-0.4, -0.2) is 91.2 Å². The Bertz CT molecular complexity index is 1400. The Balaban J connectivity index is 2.10.